The number of ether oxygens (including phenoxy) is 1. The summed E-state index contributed by atoms with van der Waals surface area (Å²) in [5.41, 5.74) is 0. The fourth-order valence-electron chi connectivity index (χ4n) is 2.32. The van der Waals surface area contributed by atoms with Gasteiger partial charge in [-0.15, -0.1) is 0 Å². The molecule has 1 N–H and O–H groups in total. The van der Waals surface area contributed by atoms with Crippen LogP contribution in [0.4, 0.5) is 5.82 Å². The van der Waals surface area contributed by atoms with Gasteiger partial charge in [-0.2, -0.15) is 0 Å². The summed E-state index contributed by atoms with van der Waals surface area (Å²) in [5.74, 6) is 1.25. The number of carbonyl (C=O) groups is 1. The van der Waals surface area contributed by atoms with Gasteiger partial charge in [0.15, 0.2) is 0 Å². The topological polar surface area (TPSA) is 67.3 Å². The van der Waals surface area contributed by atoms with Crippen LogP contribution in [0.15, 0.2) is 12.4 Å². The molecule has 0 saturated carbocycles. The van der Waals surface area contributed by atoms with Gasteiger partial charge >= 0.3 is 0 Å². The predicted molar refractivity (Wildman–Crippen MR) is 76.7 cm³/mol. The van der Waals surface area contributed by atoms with Crippen LogP contribution in [0.3, 0.4) is 0 Å². The van der Waals surface area contributed by atoms with Gasteiger partial charge in [-0.1, -0.05) is 0 Å². The Morgan fingerprint density at radius 2 is 2.15 bits per heavy atom. The lowest BCUT2D eigenvalue weighted by atomic mass is 10.1. The summed E-state index contributed by atoms with van der Waals surface area (Å²) >= 11 is 0. The summed E-state index contributed by atoms with van der Waals surface area (Å²) in [6, 6.07) is 1.42. The average Bonchev–Trinajstić information content (AvgIpc) is 2.48. The first-order valence-electron chi connectivity index (χ1n) is 7.21. The smallest absolute Gasteiger partial charge is 0.244 e. The van der Waals surface area contributed by atoms with Gasteiger partial charge in [0.25, 0.3) is 0 Å². The van der Waals surface area contributed by atoms with Gasteiger partial charge in [-0.25, -0.2) is 9.97 Å². The van der Waals surface area contributed by atoms with Crippen LogP contribution in [0.2, 0.25) is 0 Å². The molecule has 0 aromatic carbocycles. The second-order valence-electron chi connectivity index (χ2n) is 4.93. The second-order valence-corrected chi connectivity index (χ2v) is 4.93. The molecule has 6 nitrogen and oxygen atoms in total. The molecule has 0 aliphatic carbocycles. The zero-order chi connectivity index (χ0) is 14.4. The minimum absolute atomic E-state index is 0.126. The van der Waals surface area contributed by atoms with E-state index in [2.05, 4.69) is 15.3 Å². The fraction of sp³-hybridized carbons (Fsp3) is 0.643. The molecule has 2 rings (SSSR count). The maximum absolute atomic E-state index is 12.3. The first-order chi connectivity index (χ1) is 9.70. The number of piperidine rings is 1. The van der Waals surface area contributed by atoms with E-state index in [-0.39, 0.29) is 11.9 Å². The summed E-state index contributed by atoms with van der Waals surface area (Å²) in [6.07, 6.45) is 4.85. The molecular formula is C14H22N4O2. The fourth-order valence-corrected chi connectivity index (χ4v) is 2.32. The highest BCUT2D eigenvalue weighted by Crippen LogP contribution is 2.14. The Morgan fingerprint density at radius 3 is 2.85 bits per heavy atom. The van der Waals surface area contributed by atoms with Gasteiger partial charge in [0.05, 0.1) is 6.61 Å². The molecule has 1 aromatic rings. The molecule has 1 fully saturated rings. The van der Waals surface area contributed by atoms with E-state index in [0.29, 0.717) is 18.3 Å². The molecule has 1 aromatic heterocycles. The highest BCUT2D eigenvalue weighted by atomic mass is 16.5. The molecule has 0 bridgehead atoms. The lowest BCUT2D eigenvalue weighted by Crippen LogP contribution is -2.44. The minimum Gasteiger partial charge on any atom is -0.478 e. The molecule has 6 heteroatoms. The van der Waals surface area contributed by atoms with Crippen molar-refractivity contribution in [3.05, 3.63) is 12.4 Å². The molecular weight excluding hydrogens is 256 g/mol. The van der Waals surface area contributed by atoms with Crippen molar-refractivity contribution in [3.8, 4) is 5.88 Å². The maximum Gasteiger partial charge on any atom is 0.244 e. The minimum atomic E-state index is -0.294. The first kappa shape index (κ1) is 14.6. The van der Waals surface area contributed by atoms with Crippen molar-refractivity contribution in [2.24, 2.45) is 0 Å². The third-order valence-electron chi connectivity index (χ3n) is 3.34. The van der Waals surface area contributed by atoms with Crippen LogP contribution in [0.5, 0.6) is 5.88 Å². The molecule has 1 saturated heterocycles. The number of aromatic nitrogens is 2. The number of amides is 1. The van der Waals surface area contributed by atoms with E-state index < -0.39 is 0 Å². The van der Waals surface area contributed by atoms with Crippen LogP contribution in [-0.2, 0) is 4.79 Å². The van der Waals surface area contributed by atoms with E-state index in [1.54, 1.807) is 6.07 Å². The van der Waals surface area contributed by atoms with E-state index in [1.165, 1.54) is 12.7 Å². The normalized spacial score (nSPS) is 16.6. The standard InChI is InChI=1S/C14H22N4O2/c1-3-20-13-9-12(15-10-16-13)17-11(2)14(19)18-7-5-4-6-8-18/h9-11H,3-8H2,1-2H3,(H,15,16,17). The Kier molecular flexibility index (Phi) is 5.15. The number of hydrogen-bond acceptors (Lipinski definition) is 5. The van der Waals surface area contributed by atoms with Gasteiger partial charge in [0, 0.05) is 19.2 Å². The summed E-state index contributed by atoms with van der Waals surface area (Å²) in [6.45, 7) is 6.04. The number of nitrogens with one attached hydrogen (secondary N) is 1. The van der Waals surface area contributed by atoms with Crippen molar-refractivity contribution >= 4 is 11.7 Å². The van der Waals surface area contributed by atoms with E-state index in [4.69, 9.17) is 4.74 Å². The highest BCUT2D eigenvalue weighted by molar-refractivity contribution is 5.84. The molecule has 1 amide bonds. The average molecular weight is 278 g/mol. The van der Waals surface area contributed by atoms with Crippen LogP contribution < -0.4 is 10.1 Å². The lowest BCUT2D eigenvalue weighted by molar-refractivity contribution is -0.132. The molecule has 1 aliphatic heterocycles. The van der Waals surface area contributed by atoms with E-state index in [1.807, 2.05) is 18.7 Å². The Morgan fingerprint density at radius 1 is 1.40 bits per heavy atom. The van der Waals surface area contributed by atoms with Gasteiger partial charge in [0.2, 0.25) is 11.8 Å². The quantitative estimate of drug-likeness (QED) is 0.887. The van der Waals surface area contributed by atoms with Crippen LogP contribution in [-0.4, -0.2) is 46.5 Å². The number of anilines is 1. The molecule has 1 aliphatic rings. The molecule has 0 radical (unpaired) electrons. The predicted octanol–water partition coefficient (Wildman–Crippen LogP) is 1.69. The lowest BCUT2D eigenvalue weighted by Gasteiger charge is -2.29. The van der Waals surface area contributed by atoms with Crippen molar-refractivity contribution in [2.45, 2.75) is 39.2 Å². The molecule has 2 heterocycles. The number of hydrogen-bond donors (Lipinski definition) is 1. The first-order valence-corrected chi connectivity index (χ1v) is 7.21. The van der Waals surface area contributed by atoms with E-state index >= 15 is 0 Å². The Labute approximate surface area is 119 Å². The van der Waals surface area contributed by atoms with Gasteiger partial charge in [0.1, 0.15) is 18.2 Å². The second kappa shape index (κ2) is 7.07. The zero-order valence-electron chi connectivity index (χ0n) is 12.1. The third-order valence-corrected chi connectivity index (χ3v) is 3.34. The maximum atomic E-state index is 12.3. The van der Waals surface area contributed by atoms with Crippen molar-refractivity contribution in [1.82, 2.24) is 14.9 Å². The molecule has 0 spiro atoms. The Bertz CT molecular complexity index is 447. The van der Waals surface area contributed by atoms with Crippen LogP contribution in [0.25, 0.3) is 0 Å². The van der Waals surface area contributed by atoms with E-state index in [0.717, 1.165) is 25.9 Å². The van der Waals surface area contributed by atoms with Crippen LogP contribution >= 0.6 is 0 Å². The van der Waals surface area contributed by atoms with Gasteiger partial charge in [-0.3, -0.25) is 4.79 Å². The number of carbonyl (C=O) groups excluding carboxylic acids is 1. The molecule has 1 unspecified atom stereocenters. The molecule has 20 heavy (non-hydrogen) atoms. The van der Waals surface area contributed by atoms with Crippen molar-refractivity contribution in [2.75, 3.05) is 25.0 Å². The van der Waals surface area contributed by atoms with Crippen molar-refractivity contribution in [1.29, 1.82) is 0 Å². The Balaban J connectivity index is 1.94. The molecule has 1 atom stereocenters. The Hall–Kier alpha value is -1.85. The van der Waals surface area contributed by atoms with E-state index in [9.17, 15) is 4.79 Å². The zero-order valence-corrected chi connectivity index (χ0v) is 12.1. The van der Waals surface area contributed by atoms with Crippen molar-refractivity contribution in [3.63, 3.8) is 0 Å². The molecule has 110 valence electrons. The highest BCUT2D eigenvalue weighted by Gasteiger charge is 2.22. The van der Waals surface area contributed by atoms with Gasteiger partial charge in [-0.05, 0) is 33.1 Å². The monoisotopic (exact) mass is 278 g/mol. The summed E-state index contributed by atoms with van der Waals surface area (Å²) < 4.78 is 5.32. The largest absolute Gasteiger partial charge is 0.478 e. The summed E-state index contributed by atoms with van der Waals surface area (Å²) in [4.78, 5) is 22.3. The number of nitrogens with zero attached hydrogens (tertiary/aromatic N) is 3. The number of likely N-dealkylation sites (tertiary alicyclic amines) is 1. The van der Waals surface area contributed by atoms with Crippen LogP contribution in [0.1, 0.15) is 33.1 Å². The SMILES string of the molecule is CCOc1cc(NC(C)C(=O)N2CCCCC2)ncn1. The number of rotatable bonds is 5. The van der Waals surface area contributed by atoms with Crippen LogP contribution in [0, 0.1) is 0 Å². The third kappa shape index (κ3) is 3.82. The van der Waals surface area contributed by atoms with Gasteiger partial charge < -0.3 is 15.0 Å². The summed E-state index contributed by atoms with van der Waals surface area (Å²) in [7, 11) is 0. The summed E-state index contributed by atoms with van der Waals surface area (Å²) in [5, 5.41) is 3.12. The van der Waals surface area contributed by atoms with Crippen molar-refractivity contribution < 1.29 is 9.53 Å².